The van der Waals surface area contributed by atoms with Crippen molar-refractivity contribution in [1.82, 2.24) is 30.2 Å². The second-order valence-electron chi connectivity index (χ2n) is 4.83. The second kappa shape index (κ2) is 5.46. The Morgan fingerprint density at radius 1 is 1.42 bits per heavy atom. The summed E-state index contributed by atoms with van der Waals surface area (Å²) in [6.45, 7) is 3.86. The Hall–Kier alpha value is -1.79. The second-order valence-corrected chi connectivity index (χ2v) is 4.83. The molecule has 19 heavy (non-hydrogen) atoms. The fourth-order valence-corrected chi connectivity index (χ4v) is 2.50. The van der Waals surface area contributed by atoms with Crippen LogP contribution in [0.2, 0.25) is 0 Å². The average Bonchev–Trinajstić information content (AvgIpc) is 2.86. The highest BCUT2D eigenvalue weighted by atomic mass is 15.4. The molecule has 6 heteroatoms. The molecule has 100 valence electrons. The van der Waals surface area contributed by atoms with Gasteiger partial charge in [0, 0.05) is 51.7 Å². The van der Waals surface area contributed by atoms with Crippen molar-refractivity contribution in [2.45, 2.75) is 12.6 Å². The van der Waals surface area contributed by atoms with E-state index in [1.807, 2.05) is 36.4 Å². The van der Waals surface area contributed by atoms with Gasteiger partial charge < -0.3 is 5.32 Å². The Bertz CT molecular complexity index is 523. The normalized spacial score (nSPS) is 20.6. The van der Waals surface area contributed by atoms with Crippen LogP contribution >= 0.6 is 0 Å². The number of aromatic nitrogens is 4. The van der Waals surface area contributed by atoms with Crippen LogP contribution in [-0.4, -0.2) is 44.5 Å². The predicted molar refractivity (Wildman–Crippen MR) is 71.3 cm³/mol. The third kappa shape index (κ3) is 2.64. The van der Waals surface area contributed by atoms with Gasteiger partial charge in [-0.3, -0.25) is 14.6 Å². The summed E-state index contributed by atoms with van der Waals surface area (Å²) in [5.74, 6) is 0. The van der Waals surface area contributed by atoms with E-state index in [9.17, 15) is 0 Å². The van der Waals surface area contributed by atoms with Gasteiger partial charge in [-0.1, -0.05) is 11.3 Å². The van der Waals surface area contributed by atoms with Gasteiger partial charge in [-0.05, 0) is 11.6 Å². The Morgan fingerprint density at radius 3 is 3.11 bits per heavy atom. The van der Waals surface area contributed by atoms with E-state index in [4.69, 9.17) is 0 Å². The fourth-order valence-electron chi connectivity index (χ4n) is 2.50. The summed E-state index contributed by atoms with van der Waals surface area (Å²) >= 11 is 0. The largest absolute Gasteiger partial charge is 0.314 e. The van der Waals surface area contributed by atoms with E-state index in [0.717, 1.165) is 31.9 Å². The smallest absolute Gasteiger partial charge is 0.0738 e. The molecule has 0 spiro atoms. The minimum atomic E-state index is 0.359. The summed E-state index contributed by atoms with van der Waals surface area (Å²) in [5.41, 5.74) is 2.39. The fraction of sp³-hybridized carbons (Fsp3) is 0.462. The van der Waals surface area contributed by atoms with Crippen LogP contribution in [0.3, 0.4) is 0 Å². The molecular weight excluding hydrogens is 240 g/mol. The number of hydrogen-bond acceptors (Lipinski definition) is 5. The number of nitrogens with zero attached hydrogens (tertiary/aromatic N) is 5. The van der Waals surface area contributed by atoms with Crippen molar-refractivity contribution in [3.8, 4) is 0 Å². The summed E-state index contributed by atoms with van der Waals surface area (Å²) in [7, 11) is 1.93. The quantitative estimate of drug-likeness (QED) is 0.861. The van der Waals surface area contributed by atoms with Crippen LogP contribution in [0, 0.1) is 0 Å². The summed E-state index contributed by atoms with van der Waals surface area (Å²) in [4.78, 5) is 6.68. The highest BCUT2D eigenvalue weighted by Gasteiger charge is 2.24. The van der Waals surface area contributed by atoms with Gasteiger partial charge in [-0.25, -0.2) is 0 Å². The molecule has 6 nitrogen and oxygen atoms in total. The van der Waals surface area contributed by atoms with Crippen LogP contribution in [0.15, 0.2) is 30.7 Å². The van der Waals surface area contributed by atoms with Gasteiger partial charge in [0.15, 0.2) is 0 Å². The van der Waals surface area contributed by atoms with Crippen molar-refractivity contribution in [1.29, 1.82) is 0 Å². The van der Waals surface area contributed by atoms with Crippen molar-refractivity contribution < 1.29 is 0 Å². The van der Waals surface area contributed by atoms with Crippen molar-refractivity contribution in [3.05, 3.63) is 42.0 Å². The zero-order valence-corrected chi connectivity index (χ0v) is 11.0. The number of hydrogen-bond donors (Lipinski definition) is 1. The minimum Gasteiger partial charge on any atom is -0.314 e. The highest BCUT2D eigenvalue weighted by molar-refractivity contribution is 5.16. The molecule has 0 radical (unpaired) electrons. The lowest BCUT2D eigenvalue weighted by atomic mass is 10.1. The number of pyridine rings is 1. The third-order valence-corrected chi connectivity index (χ3v) is 3.60. The average molecular weight is 258 g/mol. The van der Waals surface area contributed by atoms with Gasteiger partial charge in [0.2, 0.25) is 0 Å². The first-order valence-corrected chi connectivity index (χ1v) is 6.53. The van der Waals surface area contributed by atoms with Crippen LogP contribution in [-0.2, 0) is 13.6 Å². The van der Waals surface area contributed by atoms with Crippen molar-refractivity contribution >= 4 is 0 Å². The first kappa shape index (κ1) is 12.3. The molecule has 0 bridgehead atoms. The van der Waals surface area contributed by atoms with Gasteiger partial charge in [0.25, 0.3) is 0 Å². The molecular formula is C13H18N6. The zero-order valence-electron chi connectivity index (χ0n) is 11.0. The summed E-state index contributed by atoms with van der Waals surface area (Å²) in [5, 5.41) is 11.4. The molecule has 1 saturated heterocycles. The monoisotopic (exact) mass is 258 g/mol. The maximum absolute atomic E-state index is 4.22. The lowest BCUT2D eigenvalue weighted by Gasteiger charge is -2.36. The van der Waals surface area contributed by atoms with E-state index in [1.54, 1.807) is 0 Å². The topological polar surface area (TPSA) is 58.9 Å². The molecule has 3 rings (SSSR count). The summed E-state index contributed by atoms with van der Waals surface area (Å²) in [6, 6.07) is 4.49. The molecule has 2 aromatic rings. The van der Waals surface area contributed by atoms with E-state index in [1.165, 1.54) is 5.56 Å². The van der Waals surface area contributed by atoms with Crippen molar-refractivity contribution in [2.24, 2.45) is 7.05 Å². The van der Waals surface area contributed by atoms with Gasteiger partial charge in [0.05, 0.1) is 11.9 Å². The lowest BCUT2D eigenvalue weighted by molar-refractivity contribution is 0.150. The molecule has 1 aliphatic rings. The van der Waals surface area contributed by atoms with Crippen LogP contribution in [0.25, 0.3) is 0 Å². The molecule has 1 atom stereocenters. The van der Waals surface area contributed by atoms with Crippen LogP contribution < -0.4 is 5.32 Å². The van der Waals surface area contributed by atoms with Crippen LogP contribution in [0.5, 0.6) is 0 Å². The molecule has 3 heterocycles. The number of piperazine rings is 1. The van der Waals surface area contributed by atoms with Crippen molar-refractivity contribution in [3.63, 3.8) is 0 Å². The van der Waals surface area contributed by atoms with Crippen LogP contribution in [0.1, 0.15) is 17.3 Å². The highest BCUT2D eigenvalue weighted by Crippen LogP contribution is 2.22. The van der Waals surface area contributed by atoms with Gasteiger partial charge in [0.1, 0.15) is 0 Å². The molecule has 0 saturated carbocycles. The van der Waals surface area contributed by atoms with E-state index in [0.29, 0.717) is 6.04 Å². The number of rotatable bonds is 3. The van der Waals surface area contributed by atoms with E-state index < -0.39 is 0 Å². The molecule has 2 aromatic heterocycles. The lowest BCUT2D eigenvalue weighted by Crippen LogP contribution is -2.45. The first-order valence-electron chi connectivity index (χ1n) is 6.53. The van der Waals surface area contributed by atoms with E-state index >= 15 is 0 Å². The minimum absolute atomic E-state index is 0.359. The Labute approximate surface area is 112 Å². The maximum atomic E-state index is 4.22. The number of nitrogens with one attached hydrogen (secondary N) is 1. The van der Waals surface area contributed by atoms with Gasteiger partial charge >= 0.3 is 0 Å². The maximum Gasteiger partial charge on any atom is 0.0738 e. The van der Waals surface area contributed by atoms with Gasteiger partial charge in [-0.15, -0.1) is 5.10 Å². The predicted octanol–water partition coefficient (Wildman–Crippen LogP) is 0.357. The summed E-state index contributed by atoms with van der Waals surface area (Å²) < 4.78 is 1.84. The Balaban J connectivity index is 1.80. The third-order valence-electron chi connectivity index (χ3n) is 3.60. The molecule has 1 unspecified atom stereocenters. The molecule has 0 aromatic carbocycles. The summed E-state index contributed by atoms with van der Waals surface area (Å²) in [6.07, 6.45) is 5.60. The Morgan fingerprint density at radius 2 is 2.37 bits per heavy atom. The van der Waals surface area contributed by atoms with E-state index in [2.05, 4.69) is 31.6 Å². The van der Waals surface area contributed by atoms with E-state index in [-0.39, 0.29) is 0 Å². The molecule has 0 aliphatic carbocycles. The van der Waals surface area contributed by atoms with Crippen LogP contribution in [0.4, 0.5) is 0 Å². The zero-order chi connectivity index (χ0) is 13.1. The molecule has 0 amide bonds. The Kier molecular flexibility index (Phi) is 3.52. The molecule has 1 N–H and O–H groups in total. The van der Waals surface area contributed by atoms with Crippen molar-refractivity contribution in [2.75, 3.05) is 19.6 Å². The first-order chi connectivity index (χ1) is 9.34. The standard InChI is InChI=1S/C13H18N6/c1-18-12(8-16-17-18)10-19-6-5-15-9-13(19)11-3-2-4-14-7-11/h2-4,7-8,13,15H,5-6,9-10H2,1H3. The molecule has 1 fully saturated rings. The number of aryl methyl sites for hydroxylation is 1. The molecule has 1 aliphatic heterocycles. The van der Waals surface area contributed by atoms with Gasteiger partial charge in [-0.2, -0.15) is 0 Å². The SMILES string of the molecule is Cn1nncc1CN1CCNCC1c1cccnc1.